The highest BCUT2D eigenvalue weighted by atomic mass is 14.9. The zero-order valence-electron chi connectivity index (χ0n) is 6.70. The Hall–Kier alpha value is -1.18. The van der Waals surface area contributed by atoms with Gasteiger partial charge in [0.1, 0.15) is 0 Å². The summed E-state index contributed by atoms with van der Waals surface area (Å²) in [4.78, 5) is 8.51. The SMILES string of the molecule is CC1=Nc2ncccc2C1C. The number of aromatic nitrogens is 1. The highest BCUT2D eigenvalue weighted by molar-refractivity contribution is 5.95. The van der Waals surface area contributed by atoms with Gasteiger partial charge in [-0.1, -0.05) is 13.0 Å². The molecule has 2 rings (SSSR count). The summed E-state index contributed by atoms with van der Waals surface area (Å²) in [7, 11) is 0. The van der Waals surface area contributed by atoms with Gasteiger partial charge in [0.05, 0.1) is 0 Å². The van der Waals surface area contributed by atoms with Gasteiger partial charge in [0.25, 0.3) is 0 Å². The van der Waals surface area contributed by atoms with Crippen molar-refractivity contribution in [3.8, 4) is 0 Å². The number of hydrogen-bond donors (Lipinski definition) is 0. The van der Waals surface area contributed by atoms with E-state index in [2.05, 4.69) is 23.0 Å². The van der Waals surface area contributed by atoms with E-state index in [1.165, 1.54) is 11.3 Å². The van der Waals surface area contributed by atoms with Crippen molar-refractivity contribution in [3.63, 3.8) is 0 Å². The maximum Gasteiger partial charge on any atom is 0.155 e. The van der Waals surface area contributed by atoms with Gasteiger partial charge in [-0.2, -0.15) is 0 Å². The lowest BCUT2D eigenvalue weighted by Gasteiger charge is -2.01. The lowest BCUT2D eigenvalue weighted by Crippen LogP contribution is -1.97. The molecule has 0 spiro atoms. The molecular formula is C9H10N2. The van der Waals surface area contributed by atoms with Gasteiger partial charge >= 0.3 is 0 Å². The second-order valence-electron chi connectivity index (χ2n) is 2.89. The highest BCUT2D eigenvalue weighted by Crippen LogP contribution is 2.32. The Bertz CT molecular complexity index is 315. The van der Waals surface area contributed by atoms with E-state index in [1.807, 2.05) is 13.0 Å². The zero-order valence-corrected chi connectivity index (χ0v) is 6.70. The van der Waals surface area contributed by atoms with Crippen molar-refractivity contribution in [1.82, 2.24) is 4.98 Å². The smallest absolute Gasteiger partial charge is 0.155 e. The van der Waals surface area contributed by atoms with Gasteiger partial charge in [-0.05, 0) is 13.0 Å². The number of fused-ring (bicyclic) bond motifs is 1. The van der Waals surface area contributed by atoms with Gasteiger partial charge in [0.2, 0.25) is 0 Å². The van der Waals surface area contributed by atoms with E-state index in [1.54, 1.807) is 6.20 Å². The van der Waals surface area contributed by atoms with Crippen molar-refractivity contribution >= 4 is 11.5 Å². The standard InChI is InChI=1S/C9H10N2/c1-6-7(2)11-9-8(6)4-3-5-10-9/h3-6H,1-2H3. The quantitative estimate of drug-likeness (QED) is 0.551. The van der Waals surface area contributed by atoms with Crippen molar-refractivity contribution in [1.29, 1.82) is 0 Å². The van der Waals surface area contributed by atoms with Crippen molar-refractivity contribution in [2.75, 3.05) is 0 Å². The molecule has 2 heterocycles. The third kappa shape index (κ3) is 0.862. The number of nitrogens with zero attached hydrogens (tertiary/aromatic N) is 2. The van der Waals surface area contributed by atoms with Gasteiger partial charge in [-0.3, -0.25) is 0 Å². The summed E-state index contributed by atoms with van der Waals surface area (Å²) in [6.45, 7) is 4.21. The van der Waals surface area contributed by atoms with E-state index in [9.17, 15) is 0 Å². The van der Waals surface area contributed by atoms with Gasteiger partial charge in [0.15, 0.2) is 5.82 Å². The van der Waals surface area contributed by atoms with Crippen LogP contribution in [0.25, 0.3) is 0 Å². The molecule has 1 aliphatic heterocycles. The second-order valence-corrected chi connectivity index (χ2v) is 2.89. The molecule has 0 radical (unpaired) electrons. The fourth-order valence-electron chi connectivity index (χ4n) is 1.33. The fourth-order valence-corrected chi connectivity index (χ4v) is 1.33. The van der Waals surface area contributed by atoms with E-state index < -0.39 is 0 Å². The molecule has 0 bridgehead atoms. The number of aliphatic imine (C=N–C) groups is 1. The first-order valence-corrected chi connectivity index (χ1v) is 3.79. The van der Waals surface area contributed by atoms with E-state index in [-0.39, 0.29) is 0 Å². The molecule has 11 heavy (non-hydrogen) atoms. The predicted octanol–water partition coefficient (Wildman–Crippen LogP) is 2.29. The summed E-state index contributed by atoms with van der Waals surface area (Å²) >= 11 is 0. The van der Waals surface area contributed by atoms with E-state index in [0.29, 0.717) is 5.92 Å². The fraction of sp³-hybridized carbons (Fsp3) is 0.333. The lowest BCUT2D eigenvalue weighted by atomic mass is 10.0. The maximum atomic E-state index is 4.34. The molecule has 1 unspecified atom stereocenters. The monoisotopic (exact) mass is 146 g/mol. The van der Waals surface area contributed by atoms with E-state index in [0.717, 1.165) is 5.82 Å². The first kappa shape index (κ1) is 6.53. The summed E-state index contributed by atoms with van der Waals surface area (Å²) in [6, 6.07) is 4.05. The lowest BCUT2D eigenvalue weighted by molar-refractivity contribution is 1.04. The summed E-state index contributed by atoms with van der Waals surface area (Å²) in [5.74, 6) is 1.36. The van der Waals surface area contributed by atoms with Crippen LogP contribution in [0.5, 0.6) is 0 Å². The van der Waals surface area contributed by atoms with Crippen LogP contribution in [0, 0.1) is 0 Å². The van der Waals surface area contributed by atoms with Crippen LogP contribution in [0.1, 0.15) is 25.3 Å². The maximum absolute atomic E-state index is 4.34. The van der Waals surface area contributed by atoms with Gasteiger partial charge < -0.3 is 0 Å². The number of pyridine rings is 1. The molecule has 2 nitrogen and oxygen atoms in total. The van der Waals surface area contributed by atoms with Crippen LogP contribution in [0.2, 0.25) is 0 Å². The Morgan fingerprint density at radius 1 is 1.45 bits per heavy atom. The second kappa shape index (κ2) is 2.16. The van der Waals surface area contributed by atoms with Gasteiger partial charge in [0, 0.05) is 23.4 Å². The Morgan fingerprint density at radius 2 is 2.27 bits per heavy atom. The van der Waals surface area contributed by atoms with Crippen LogP contribution in [-0.4, -0.2) is 10.7 Å². The summed E-state index contributed by atoms with van der Waals surface area (Å²) in [5.41, 5.74) is 2.42. The molecule has 0 saturated heterocycles. The molecule has 56 valence electrons. The molecule has 0 amide bonds. The molecule has 1 atom stereocenters. The molecule has 2 heteroatoms. The van der Waals surface area contributed by atoms with Crippen molar-refractivity contribution in [3.05, 3.63) is 23.9 Å². The summed E-state index contributed by atoms with van der Waals surface area (Å²) in [6.07, 6.45) is 1.79. The molecule has 1 aliphatic rings. The topological polar surface area (TPSA) is 25.2 Å². The van der Waals surface area contributed by atoms with Crippen LogP contribution in [0.4, 0.5) is 5.82 Å². The molecule has 1 aromatic heterocycles. The zero-order chi connectivity index (χ0) is 7.84. The minimum Gasteiger partial charge on any atom is -0.238 e. The van der Waals surface area contributed by atoms with Crippen molar-refractivity contribution < 1.29 is 0 Å². The minimum atomic E-state index is 0.457. The average molecular weight is 146 g/mol. The van der Waals surface area contributed by atoms with Crippen LogP contribution >= 0.6 is 0 Å². The van der Waals surface area contributed by atoms with Crippen molar-refractivity contribution in [2.45, 2.75) is 19.8 Å². The van der Waals surface area contributed by atoms with E-state index in [4.69, 9.17) is 0 Å². The predicted molar refractivity (Wildman–Crippen MR) is 45.4 cm³/mol. The van der Waals surface area contributed by atoms with E-state index >= 15 is 0 Å². The Kier molecular flexibility index (Phi) is 1.28. The van der Waals surface area contributed by atoms with Crippen molar-refractivity contribution in [2.24, 2.45) is 4.99 Å². The van der Waals surface area contributed by atoms with Crippen LogP contribution in [0.15, 0.2) is 23.3 Å². The Balaban J connectivity index is 2.58. The molecule has 0 N–H and O–H groups in total. The molecule has 0 saturated carbocycles. The van der Waals surface area contributed by atoms with Crippen LogP contribution in [0.3, 0.4) is 0 Å². The van der Waals surface area contributed by atoms with Gasteiger partial charge in [-0.15, -0.1) is 0 Å². The molecule has 0 aliphatic carbocycles. The molecule has 0 aromatic carbocycles. The molecule has 1 aromatic rings. The first-order valence-electron chi connectivity index (χ1n) is 3.79. The number of rotatable bonds is 0. The average Bonchev–Trinajstić information content (AvgIpc) is 2.30. The number of hydrogen-bond acceptors (Lipinski definition) is 2. The Labute approximate surface area is 66.0 Å². The highest BCUT2D eigenvalue weighted by Gasteiger charge is 2.19. The Morgan fingerprint density at radius 3 is 3.00 bits per heavy atom. The first-order chi connectivity index (χ1) is 5.29. The minimum absolute atomic E-state index is 0.457. The summed E-state index contributed by atoms with van der Waals surface area (Å²) < 4.78 is 0. The third-order valence-corrected chi connectivity index (χ3v) is 2.19. The third-order valence-electron chi connectivity index (χ3n) is 2.19. The molecule has 0 fully saturated rings. The van der Waals surface area contributed by atoms with Crippen LogP contribution in [-0.2, 0) is 0 Å². The van der Waals surface area contributed by atoms with Crippen LogP contribution < -0.4 is 0 Å². The summed E-state index contributed by atoms with van der Waals surface area (Å²) in [5, 5.41) is 0. The largest absolute Gasteiger partial charge is 0.238 e. The molecular weight excluding hydrogens is 136 g/mol. The van der Waals surface area contributed by atoms with Gasteiger partial charge in [-0.25, -0.2) is 9.98 Å². The normalized spacial score (nSPS) is 21.3.